The molecule has 0 aromatic heterocycles. The highest BCUT2D eigenvalue weighted by atomic mass is 32.2. The fourth-order valence-corrected chi connectivity index (χ4v) is 4.62. The number of nitrogen functional groups attached to an aromatic ring is 1. The Balaban J connectivity index is 1.88. The second-order valence-electron chi connectivity index (χ2n) is 7.65. The van der Waals surface area contributed by atoms with E-state index in [1.165, 1.54) is 6.07 Å². The highest BCUT2D eigenvalue weighted by Gasteiger charge is 2.26. The van der Waals surface area contributed by atoms with Crippen LogP contribution in [0.1, 0.15) is 30.9 Å². The Labute approximate surface area is 188 Å². The van der Waals surface area contributed by atoms with Crippen molar-refractivity contribution in [3.63, 3.8) is 0 Å². The molecule has 0 fully saturated rings. The van der Waals surface area contributed by atoms with Gasteiger partial charge < -0.3 is 11.1 Å². The van der Waals surface area contributed by atoms with Gasteiger partial charge in [0.15, 0.2) is 0 Å². The molecule has 0 aliphatic heterocycles. The average Bonchev–Trinajstić information content (AvgIpc) is 2.78. The standard InChI is InChI=1S/C24H28N4O3S/c1-2-3-13-27-24(29)22(15-17-7-6-10-20(14-17)23(25)26)28-32(30,31)21-12-11-18-8-4-5-9-19(18)16-21/h4-12,14,16,22,28H,2-3,13,15H2,1H3,(H3,25,26)(H,27,29). The third kappa shape index (κ3) is 5.93. The van der Waals surface area contributed by atoms with Crippen molar-refractivity contribution in [3.8, 4) is 0 Å². The molecule has 32 heavy (non-hydrogen) atoms. The molecule has 1 unspecified atom stereocenters. The molecule has 3 aromatic carbocycles. The molecule has 0 bridgehead atoms. The maximum Gasteiger partial charge on any atom is 0.241 e. The predicted molar refractivity (Wildman–Crippen MR) is 127 cm³/mol. The average molecular weight is 453 g/mol. The Morgan fingerprint density at radius 3 is 2.50 bits per heavy atom. The molecule has 168 valence electrons. The van der Waals surface area contributed by atoms with Crippen molar-refractivity contribution in [3.05, 3.63) is 77.9 Å². The molecule has 7 nitrogen and oxygen atoms in total. The fourth-order valence-electron chi connectivity index (χ4n) is 3.39. The van der Waals surface area contributed by atoms with E-state index in [1.807, 2.05) is 31.2 Å². The molecule has 0 heterocycles. The van der Waals surface area contributed by atoms with Crippen molar-refractivity contribution in [1.29, 1.82) is 5.41 Å². The van der Waals surface area contributed by atoms with Gasteiger partial charge in [0.05, 0.1) is 4.90 Å². The summed E-state index contributed by atoms with van der Waals surface area (Å²) in [6, 6.07) is 18.3. The topological polar surface area (TPSA) is 125 Å². The summed E-state index contributed by atoms with van der Waals surface area (Å²) >= 11 is 0. The van der Waals surface area contributed by atoms with E-state index in [0.717, 1.165) is 23.6 Å². The molecule has 0 radical (unpaired) electrons. The summed E-state index contributed by atoms with van der Waals surface area (Å²) in [5.41, 5.74) is 6.79. The number of carbonyl (C=O) groups is 1. The Morgan fingerprint density at radius 2 is 1.78 bits per heavy atom. The van der Waals surface area contributed by atoms with Crippen LogP contribution < -0.4 is 15.8 Å². The van der Waals surface area contributed by atoms with Crippen LogP contribution >= 0.6 is 0 Å². The summed E-state index contributed by atoms with van der Waals surface area (Å²) in [4.78, 5) is 13.0. The second kappa shape index (κ2) is 10.4. The van der Waals surface area contributed by atoms with Crippen molar-refractivity contribution in [2.24, 2.45) is 5.73 Å². The normalized spacial score (nSPS) is 12.4. The lowest BCUT2D eigenvalue weighted by Crippen LogP contribution is -2.48. The van der Waals surface area contributed by atoms with Gasteiger partial charge in [0.25, 0.3) is 0 Å². The van der Waals surface area contributed by atoms with Crippen molar-refractivity contribution in [2.75, 3.05) is 6.54 Å². The lowest BCUT2D eigenvalue weighted by Gasteiger charge is -2.19. The molecule has 1 atom stereocenters. The van der Waals surface area contributed by atoms with Crippen LogP contribution in [-0.2, 0) is 21.2 Å². The van der Waals surface area contributed by atoms with E-state index in [4.69, 9.17) is 11.1 Å². The molecular formula is C24H28N4O3S. The highest BCUT2D eigenvalue weighted by molar-refractivity contribution is 7.89. The van der Waals surface area contributed by atoms with Crippen molar-refractivity contribution in [2.45, 2.75) is 37.1 Å². The fraction of sp³-hybridized carbons (Fsp3) is 0.250. The Kier molecular flexibility index (Phi) is 7.61. The molecule has 8 heteroatoms. The Hall–Kier alpha value is -3.23. The van der Waals surface area contributed by atoms with Crippen molar-refractivity contribution >= 4 is 32.5 Å². The SMILES string of the molecule is CCCCNC(=O)C(Cc1cccc(C(=N)N)c1)NS(=O)(=O)c1ccc2ccccc2c1. The first-order valence-corrected chi connectivity index (χ1v) is 12.0. The molecule has 0 spiro atoms. The molecule has 0 saturated heterocycles. The van der Waals surface area contributed by atoms with E-state index in [-0.39, 0.29) is 17.2 Å². The number of amidine groups is 1. The van der Waals surface area contributed by atoms with Crippen LogP contribution in [0.5, 0.6) is 0 Å². The first-order valence-electron chi connectivity index (χ1n) is 10.5. The number of hydrogen-bond acceptors (Lipinski definition) is 4. The molecular weight excluding hydrogens is 424 g/mol. The van der Waals surface area contributed by atoms with Gasteiger partial charge in [-0.25, -0.2) is 8.42 Å². The van der Waals surface area contributed by atoms with E-state index in [2.05, 4.69) is 10.0 Å². The Bertz CT molecular complexity index is 1220. The number of nitrogens with two attached hydrogens (primary N) is 1. The van der Waals surface area contributed by atoms with Gasteiger partial charge in [0.1, 0.15) is 11.9 Å². The lowest BCUT2D eigenvalue weighted by atomic mass is 10.0. The predicted octanol–water partition coefficient (Wildman–Crippen LogP) is 2.93. The van der Waals surface area contributed by atoms with E-state index in [1.54, 1.807) is 36.4 Å². The summed E-state index contributed by atoms with van der Waals surface area (Å²) in [6.07, 6.45) is 1.84. The van der Waals surface area contributed by atoms with E-state index in [9.17, 15) is 13.2 Å². The quantitative estimate of drug-likeness (QED) is 0.214. The zero-order chi connectivity index (χ0) is 23.1. The van der Waals surface area contributed by atoms with Gasteiger partial charge in [-0.15, -0.1) is 0 Å². The van der Waals surface area contributed by atoms with Crippen molar-refractivity contribution in [1.82, 2.24) is 10.0 Å². The maximum absolute atomic E-state index is 13.1. The monoisotopic (exact) mass is 452 g/mol. The van der Waals surface area contributed by atoms with Crippen LogP contribution in [0.25, 0.3) is 10.8 Å². The number of nitrogens with one attached hydrogen (secondary N) is 3. The third-order valence-electron chi connectivity index (χ3n) is 5.15. The maximum atomic E-state index is 13.1. The summed E-state index contributed by atoms with van der Waals surface area (Å²) in [5, 5.41) is 12.2. The number of amides is 1. The minimum Gasteiger partial charge on any atom is -0.384 e. The van der Waals surface area contributed by atoms with E-state index < -0.39 is 22.0 Å². The van der Waals surface area contributed by atoms with Crippen molar-refractivity contribution < 1.29 is 13.2 Å². The summed E-state index contributed by atoms with van der Waals surface area (Å²) < 4.78 is 28.9. The smallest absolute Gasteiger partial charge is 0.241 e. The molecule has 3 aromatic rings. The first-order chi connectivity index (χ1) is 15.3. The third-order valence-corrected chi connectivity index (χ3v) is 6.62. The molecule has 3 rings (SSSR count). The van der Waals surface area contributed by atoms with Crippen LogP contribution in [0, 0.1) is 5.41 Å². The van der Waals surface area contributed by atoms with Gasteiger partial charge in [-0.3, -0.25) is 10.2 Å². The van der Waals surface area contributed by atoms with Crippen LogP contribution in [0.2, 0.25) is 0 Å². The Morgan fingerprint density at radius 1 is 1.03 bits per heavy atom. The largest absolute Gasteiger partial charge is 0.384 e. The highest BCUT2D eigenvalue weighted by Crippen LogP contribution is 2.19. The van der Waals surface area contributed by atoms with Crippen LogP contribution in [0.15, 0.2) is 71.6 Å². The van der Waals surface area contributed by atoms with E-state index in [0.29, 0.717) is 17.7 Å². The minimum absolute atomic E-state index is 0.0902. The number of benzene rings is 3. The molecule has 5 N–H and O–H groups in total. The van der Waals surface area contributed by atoms with Crippen LogP contribution in [-0.4, -0.2) is 32.7 Å². The number of unbranched alkanes of at least 4 members (excludes halogenated alkanes) is 1. The van der Waals surface area contributed by atoms with Gasteiger partial charge in [-0.1, -0.05) is 61.9 Å². The number of carbonyl (C=O) groups excluding carboxylic acids is 1. The van der Waals surface area contributed by atoms with Gasteiger partial charge in [-0.05, 0) is 47.4 Å². The molecule has 0 aliphatic rings. The minimum atomic E-state index is -3.95. The summed E-state index contributed by atoms with van der Waals surface area (Å²) in [5.74, 6) is -0.483. The van der Waals surface area contributed by atoms with E-state index >= 15 is 0 Å². The van der Waals surface area contributed by atoms with Gasteiger partial charge >= 0.3 is 0 Å². The first kappa shape index (κ1) is 23.4. The lowest BCUT2D eigenvalue weighted by molar-refractivity contribution is -0.122. The number of rotatable bonds is 10. The van der Waals surface area contributed by atoms with Gasteiger partial charge in [-0.2, -0.15) is 4.72 Å². The zero-order valence-corrected chi connectivity index (χ0v) is 18.8. The number of fused-ring (bicyclic) bond motifs is 1. The zero-order valence-electron chi connectivity index (χ0n) is 18.0. The molecule has 1 amide bonds. The van der Waals surface area contributed by atoms with Crippen LogP contribution in [0.3, 0.4) is 0 Å². The van der Waals surface area contributed by atoms with Crippen LogP contribution in [0.4, 0.5) is 0 Å². The second-order valence-corrected chi connectivity index (χ2v) is 9.36. The van der Waals surface area contributed by atoms with Gasteiger partial charge in [0, 0.05) is 12.1 Å². The number of sulfonamides is 1. The number of hydrogen-bond donors (Lipinski definition) is 4. The molecule has 0 aliphatic carbocycles. The summed E-state index contributed by atoms with van der Waals surface area (Å²) in [6.45, 7) is 2.48. The van der Waals surface area contributed by atoms with Gasteiger partial charge in [0.2, 0.25) is 15.9 Å². The summed E-state index contributed by atoms with van der Waals surface area (Å²) in [7, 11) is -3.95. The molecule has 0 saturated carbocycles.